The van der Waals surface area contributed by atoms with E-state index in [2.05, 4.69) is 0 Å². The summed E-state index contributed by atoms with van der Waals surface area (Å²) in [5, 5.41) is 0.592. The van der Waals surface area contributed by atoms with Gasteiger partial charge in [-0.2, -0.15) is 4.89 Å². The molecule has 0 saturated carbocycles. The van der Waals surface area contributed by atoms with Gasteiger partial charge in [-0.15, -0.1) is 0 Å². The molecule has 34 heavy (non-hydrogen) atoms. The van der Waals surface area contributed by atoms with E-state index in [1.54, 1.807) is 28.9 Å². The van der Waals surface area contributed by atoms with Crippen molar-refractivity contribution in [1.29, 1.82) is 0 Å². The van der Waals surface area contributed by atoms with Crippen molar-refractivity contribution in [3.8, 4) is 11.5 Å². The van der Waals surface area contributed by atoms with Gasteiger partial charge in [0.2, 0.25) is 11.8 Å². The highest BCUT2D eigenvalue weighted by molar-refractivity contribution is 7.99. The van der Waals surface area contributed by atoms with Crippen LogP contribution in [-0.2, 0) is 20.9 Å². The van der Waals surface area contributed by atoms with E-state index in [0.29, 0.717) is 56.6 Å². The molecule has 1 saturated heterocycles. The number of fused-ring (bicyclic) bond motifs is 1. The predicted octanol–water partition coefficient (Wildman–Crippen LogP) is 4.46. The van der Waals surface area contributed by atoms with Gasteiger partial charge in [-0.1, -0.05) is 29.4 Å². The molecule has 0 aromatic heterocycles. The molecule has 2 aromatic rings. The fourth-order valence-corrected chi connectivity index (χ4v) is 5.12. The van der Waals surface area contributed by atoms with Crippen LogP contribution in [0.3, 0.4) is 0 Å². The molecule has 2 aliphatic heterocycles. The van der Waals surface area contributed by atoms with Gasteiger partial charge in [0.15, 0.2) is 5.75 Å². The molecule has 9 heteroatoms. The van der Waals surface area contributed by atoms with Gasteiger partial charge in [0, 0.05) is 56.1 Å². The average molecular weight is 503 g/mol. The third-order valence-corrected chi connectivity index (χ3v) is 7.23. The molecule has 0 aliphatic carbocycles. The van der Waals surface area contributed by atoms with Gasteiger partial charge in [-0.05, 0) is 42.8 Å². The molecule has 180 valence electrons. The lowest BCUT2D eigenvalue weighted by molar-refractivity contribution is -0.215. The highest BCUT2D eigenvalue weighted by Gasteiger charge is 2.22. The van der Waals surface area contributed by atoms with Crippen LogP contribution in [0.15, 0.2) is 46.2 Å². The van der Waals surface area contributed by atoms with Crippen LogP contribution in [0.4, 0.5) is 0 Å². The van der Waals surface area contributed by atoms with Crippen LogP contribution in [0.2, 0.25) is 5.02 Å². The Morgan fingerprint density at radius 1 is 1.12 bits per heavy atom. The first-order valence-corrected chi connectivity index (χ1v) is 12.4. The number of rotatable bonds is 6. The van der Waals surface area contributed by atoms with Crippen molar-refractivity contribution >= 4 is 41.3 Å². The lowest BCUT2D eigenvalue weighted by Gasteiger charge is -2.33. The zero-order chi connectivity index (χ0) is 24.1. The minimum atomic E-state index is -0.0700. The number of carbonyl (C=O) groups is 2. The molecule has 2 aliphatic rings. The Bertz CT molecular complexity index is 1100. The molecule has 2 aromatic carbocycles. The normalized spacial score (nSPS) is 15.7. The van der Waals surface area contributed by atoms with Crippen molar-refractivity contribution in [2.75, 3.05) is 39.4 Å². The number of halogens is 1. The van der Waals surface area contributed by atoms with E-state index in [4.69, 9.17) is 26.1 Å². The summed E-state index contributed by atoms with van der Waals surface area (Å²) in [7, 11) is 0. The molecule has 4 rings (SSSR count). The molecular formula is C25H27ClN2O5S. The number of hydrogen-bond acceptors (Lipinski definition) is 6. The molecule has 0 radical (unpaired) electrons. The molecule has 1 fully saturated rings. The van der Waals surface area contributed by atoms with Crippen LogP contribution in [0.25, 0.3) is 6.08 Å². The van der Waals surface area contributed by atoms with Crippen LogP contribution in [-0.4, -0.2) is 61.0 Å². The molecule has 2 amide bonds. The van der Waals surface area contributed by atoms with E-state index >= 15 is 0 Å². The summed E-state index contributed by atoms with van der Waals surface area (Å²) in [5.74, 6) is 1.45. The van der Waals surface area contributed by atoms with E-state index in [-0.39, 0.29) is 11.8 Å². The summed E-state index contributed by atoms with van der Waals surface area (Å²) in [6.07, 6.45) is 4.04. The van der Waals surface area contributed by atoms with Gasteiger partial charge < -0.3 is 19.4 Å². The van der Waals surface area contributed by atoms with Crippen molar-refractivity contribution in [2.24, 2.45) is 0 Å². The quantitative estimate of drug-likeness (QED) is 0.429. The van der Waals surface area contributed by atoms with Crippen LogP contribution in [0, 0.1) is 0 Å². The standard InChI is InChI=1S/C25H27ClN2O5S/c1-3-31-25-19-10-15-32-33-21(19)6-8-23(25)34-22-7-4-18(16-20(22)26)5-9-24(30)28-13-11-27(12-14-28)17(2)29/h4-9,16H,3,10-15H2,1-2H3. The third-order valence-electron chi connectivity index (χ3n) is 5.69. The Hall–Kier alpha value is -2.68. The molecule has 0 atom stereocenters. The van der Waals surface area contributed by atoms with Gasteiger partial charge in [-0.3, -0.25) is 9.59 Å². The first-order chi connectivity index (χ1) is 16.5. The van der Waals surface area contributed by atoms with Crippen LogP contribution < -0.4 is 9.62 Å². The summed E-state index contributed by atoms with van der Waals surface area (Å²) in [6.45, 7) is 6.74. The molecular weight excluding hydrogens is 476 g/mol. The van der Waals surface area contributed by atoms with Gasteiger partial charge in [0.25, 0.3) is 0 Å². The fourth-order valence-electron chi connectivity index (χ4n) is 3.87. The number of ether oxygens (including phenoxy) is 1. The van der Waals surface area contributed by atoms with Crippen molar-refractivity contribution in [2.45, 2.75) is 30.1 Å². The fraction of sp³-hybridized carbons (Fsp3) is 0.360. The van der Waals surface area contributed by atoms with Gasteiger partial charge >= 0.3 is 0 Å². The summed E-state index contributed by atoms with van der Waals surface area (Å²) >= 11 is 8.12. The summed E-state index contributed by atoms with van der Waals surface area (Å²) in [5.41, 5.74) is 1.84. The predicted molar refractivity (Wildman–Crippen MR) is 131 cm³/mol. The van der Waals surface area contributed by atoms with Crippen LogP contribution in [0.1, 0.15) is 25.0 Å². The maximum Gasteiger partial charge on any atom is 0.246 e. The van der Waals surface area contributed by atoms with E-state index in [0.717, 1.165) is 26.7 Å². The number of hydrogen-bond donors (Lipinski definition) is 0. The minimum absolute atomic E-state index is 0.0429. The summed E-state index contributed by atoms with van der Waals surface area (Å²) in [4.78, 5) is 39.7. The Morgan fingerprint density at radius 2 is 1.85 bits per heavy atom. The molecule has 0 unspecified atom stereocenters. The Balaban J connectivity index is 1.44. The number of nitrogens with zero attached hydrogens (tertiary/aromatic N) is 2. The zero-order valence-corrected chi connectivity index (χ0v) is 20.8. The second-order valence-electron chi connectivity index (χ2n) is 7.91. The topological polar surface area (TPSA) is 68.3 Å². The summed E-state index contributed by atoms with van der Waals surface area (Å²) in [6, 6.07) is 9.54. The number of carbonyl (C=O) groups excluding carboxylic acids is 2. The second kappa shape index (κ2) is 11.2. The first-order valence-electron chi connectivity index (χ1n) is 11.2. The van der Waals surface area contributed by atoms with Crippen molar-refractivity contribution in [1.82, 2.24) is 9.80 Å². The van der Waals surface area contributed by atoms with E-state index in [1.807, 2.05) is 37.3 Å². The number of piperazine rings is 1. The van der Waals surface area contributed by atoms with E-state index in [1.165, 1.54) is 11.8 Å². The summed E-state index contributed by atoms with van der Waals surface area (Å²) < 4.78 is 5.94. The molecule has 0 bridgehead atoms. The molecule has 0 spiro atoms. The Kier molecular flexibility index (Phi) is 8.03. The molecule has 2 heterocycles. The van der Waals surface area contributed by atoms with Crippen molar-refractivity contribution in [3.63, 3.8) is 0 Å². The molecule has 0 N–H and O–H groups in total. The lowest BCUT2D eigenvalue weighted by atomic mass is 10.1. The monoisotopic (exact) mass is 502 g/mol. The van der Waals surface area contributed by atoms with Crippen molar-refractivity contribution < 1.29 is 24.1 Å². The highest BCUT2D eigenvalue weighted by Crippen LogP contribution is 2.44. The van der Waals surface area contributed by atoms with Gasteiger partial charge in [0.1, 0.15) is 5.75 Å². The second-order valence-corrected chi connectivity index (χ2v) is 9.41. The highest BCUT2D eigenvalue weighted by atomic mass is 35.5. The van der Waals surface area contributed by atoms with E-state index in [9.17, 15) is 9.59 Å². The lowest BCUT2D eigenvalue weighted by Crippen LogP contribution is -2.49. The van der Waals surface area contributed by atoms with Crippen LogP contribution >= 0.6 is 23.4 Å². The smallest absolute Gasteiger partial charge is 0.246 e. The first kappa shape index (κ1) is 24.4. The number of amides is 2. The van der Waals surface area contributed by atoms with Gasteiger partial charge in [0.05, 0.1) is 23.1 Å². The van der Waals surface area contributed by atoms with E-state index < -0.39 is 0 Å². The average Bonchev–Trinajstić information content (AvgIpc) is 2.85. The SMILES string of the molecule is CCOc1c(Sc2ccc(C=CC(=O)N3CCN(C(C)=O)CC3)cc2Cl)ccc2c1CCOO2. The van der Waals surface area contributed by atoms with Gasteiger partial charge in [-0.25, -0.2) is 0 Å². The zero-order valence-electron chi connectivity index (χ0n) is 19.2. The Labute approximate surface area is 208 Å². The van der Waals surface area contributed by atoms with Crippen LogP contribution in [0.5, 0.6) is 11.5 Å². The van der Waals surface area contributed by atoms with Crippen molar-refractivity contribution in [3.05, 3.63) is 52.6 Å². The third kappa shape index (κ3) is 5.68. The maximum absolute atomic E-state index is 12.5. The molecule has 7 nitrogen and oxygen atoms in total. The minimum Gasteiger partial charge on any atom is -0.492 e. The Morgan fingerprint density at radius 3 is 2.56 bits per heavy atom. The largest absolute Gasteiger partial charge is 0.492 e. The maximum atomic E-state index is 12.5. The number of benzene rings is 2.